The molecule has 1 aliphatic heterocycles. The standard InChI is InChI=1S/C20H26N2O2S/c1-17-8-2-3-11-20(17)16-25(23,24)21-14-18-9-4-5-10-19(18)15-22-12-6-7-13-22/h2-5,8-11,21H,6-7,12-16H2,1H3. The maximum absolute atomic E-state index is 12.5. The molecular formula is C20H26N2O2S. The van der Waals surface area contributed by atoms with E-state index in [4.69, 9.17) is 0 Å². The third-order valence-electron chi connectivity index (χ3n) is 4.80. The van der Waals surface area contributed by atoms with Crippen molar-refractivity contribution in [3.63, 3.8) is 0 Å². The first-order valence-corrected chi connectivity index (χ1v) is 10.5. The van der Waals surface area contributed by atoms with Crippen LogP contribution in [0.5, 0.6) is 0 Å². The molecule has 0 aliphatic carbocycles. The molecule has 0 atom stereocenters. The van der Waals surface area contributed by atoms with Gasteiger partial charge >= 0.3 is 0 Å². The van der Waals surface area contributed by atoms with Crippen LogP contribution in [-0.4, -0.2) is 26.4 Å². The summed E-state index contributed by atoms with van der Waals surface area (Å²) >= 11 is 0. The van der Waals surface area contributed by atoms with Gasteiger partial charge in [-0.05, 0) is 55.1 Å². The van der Waals surface area contributed by atoms with Crippen LogP contribution in [0.3, 0.4) is 0 Å². The molecule has 1 fully saturated rings. The van der Waals surface area contributed by atoms with Crippen LogP contribution in [0.1, 0.15) is 35.1 Å². The van der Waals surface area contributed by atoms with Gasteiger partial charge in [-0.2, -0.15) is 0 Å². The minimum Gasteiger partial charge on any atom is -0.299 e. The van der Waals surface area contributed by atoms with Crippen molar-refractivity contribution in [1.82, 2.24) is 9.62 Å². The van der Waals surface area contributed by atoms with Crippen molar-refractivity contribution in [2.75, 3.05) is 13.1 Å². The Labute approximate surface area is 150 Å². The lowest BCUT2D eigenvalue weighted by molar-refractivity contribution is 0.330. The number of hydrogen-bond acceptors (Lipinski definition) is 3. The molecule has 0 amide bonds. The molecule has 1 N–H and O–H groups in total. The van der Waals surface area contributed by atoms with Crippen molar-refractivity contribution in [3.8, 4) is 0 Å². The monoisotopic (exact) mass is 358 g/mol. The Morgan fingerprint density at radius 1 is 0.920 bits per heavy atom. The quantitative estimate of drug-likeness (QED) is 0.827. The first kappa shape index (κ1) is 18.1. The predicted molar refractivity (Wildman–Crippen MR) is 102 cm³/mol. The highest BCUT2D eigenvalue weighted by Gasteiger charge is 2.16. The van der Waals surface area contributed by atoms with Crippen LogP contribution in [0.4, 0.5) is 0 Å². The van der Waals surface area contributed by atoms with Gasteiger partial charge in [-0.25, -0.2) is 13.1 Å². The van der Waals surface area contributed by atoms with Gasteiger partial charge < -0.3 is 0 Å². The van der Waals surface area contributed by atoms with E-state index in [1.165, 1.54) is 18.4 Å². The number of benzene rings is 2. The molecule has 1 aliphatic rings. The number of likely N-dealkylation sites (tertiary alicyclic amines) is 1. The molecule has 2 aromatic rings. The van der Waals surface area contributed by atoms with Crippen LogP contribution in [0, 0.1) is 6.92 Å². The van der Waals surface area contributed by atoms with Gasteiger partial charge in [-0.1, -0.05) is 48.5 Å². The second-order valence-electron chi connectivity index (χ2n) is 6.76. The zero-order valence-corrected chi connectivity index (χ0v) is 15.6. The molecule has 1 heterocycles. The zero-order valence-electron chi connectivity index (χ0n) is 14.7. The molecule has 0 unspecified atom stereocenters. The first-order chi connectivity index (χ1) is 12.0. The van der Waals surface area contributed by atoms with E-state index in [1.54, 1.807) is 0 Å². The first-order valence-electron chi connectivity index (χ1n) is 8.84. The van der Waals surface area contributed by atoms with E-state index < -0.39 is 10.0 Å². The van der Waals surface area contributed by atoms with Crippen molar-refractivity contribution in [1.29, 1.82) is 0 Å². The van der Waals surface area contributed by atoms with E-state index in [0.717, 1.165) is 36.3 Å². The molecule has 25 heavy (non-hydrogen) atoms. The number of hydrogen-bond donors (Lipinski definition) is 1. The van der Waals surface area contributed by atoms with Crippen molar-refractivity contribution < 1.29 is 8.42 Å². The van der Waals surface area contributed by atoms with E-state index >= 15 is 0 Å². The molecule has 0 radical (unpaired) electrons. The number of sulfonamides is 1. The maximum Gasteiger partial charge on any atom is 0.216 e. The molecular weight excluding hydrogens is 332 g/mol. The Morgan fingerprint density at radius 3 is 2.20 bits per heavy atom. The number of nitrogens with zero attached hydrogens (tertiary/aromatic N) is 1. The Morgan fingerprint density at radius 2 is 1.52 bits per heavy atom. The second kappa shape index (κ2) is 8.13. The van der Waals surface area contributed by atoms with Crippen molar-refractivity contribution in [3.05, 3.63) is 70.8 Å². The van der Waals surface area contributed by atoms with Gasteiger partial charge in [0.15, 0.2) is 0 Å². The number of rotatable bonds is 7. The summed E-state index contributed by atoms with van der Waals surface area (Å²) in [6.45, 7) is 5.45. The highest BCUT2D eigenvalue weighted by atomic mass is 32.2. The van der Waals surface area contributed by atoms with E-state index in [9.17, 15) is 8.42 Å². The van der Waals surface area contributed by atoms with E-state index in [-0.39, 0.29) is 5.75 Å². The fourth-order valence-electron chi connectivity index (χ4n) is 3.28. The molecule has 0 bridgehead atoms. The van der Waals surface area contributed by atoms with Crippen LogP contribution in [0.2, 0.25) is 0 Å². The number of nitrogens with one attached hydrogen (secondary N) is 1. The Bertz CT molecular complexity index is 812. The largest absolute Gasteiger partial charge is 0.299 e. The fourth-order valence-corrected chi connectivity index (χ4v) is 4.49. The lowest BCUT2D eigenvalue weighted by Crippen LogP contribution is -2.26. The Balaban J connectivity index is 1.65. The third-order valence-corrected chi connectivity index (χ3v) is 6.08. The summed E-state index contributed by atoms with van der Waals surface area (Å²) in [7, 11) is -3.36. The van der Waals surface area contributed by atoms with Gasteiger partial charge in [0.1, 0.15) is 0 Å². The van der Waals surface area contributed by atoms with Crippen LogP contribution in [0.15, 0.2) is 48.5 Å². The molecule has 0 spiro atoms. The summed E-state index contributed by atoms with van der Waals surface area (Å²) in [5.41, 5.74) is 4.12. The van der Waals surface area contributed by atoms with Gasteiger partial charge in [0, 0.05) is 13.1 Å². The third kappa shape index (κ3) is 5.14. The highest BCUT2D eigenvalue weighted by Crippen LogP contribution is 2.17. The lowest BCUT2D eigenvalue weighted by Gasteiger charge is -2.18. The second-order valence-corrected chi connectivity index (χ2v) is 8.57. The lowest BCUT2D eigenvalue weighted by atomic mass is 10.1. The van der Waals surface area contributed by atoms with Crippen LogP contribution in [-0.2, 0) is 28.9 Å². The van der Waals surface area contributed by atoms with Crippen molar-refractivity contribution >= 4 is 10.0 Å². The summed E-state index contributed by atoms with van der Waals surface area (Å²) in [5.74, 6) is 0.0218. The Hall–Kier alpha value is -1.69. The average molecular weight is 359 g/mol. The van der Waals surface area contributed by atoms with Crippen LogP contribution in [0.25, 0.3) is 0 Å². The average Bonchev–Trinajstić information content (AvgIpc) is 3.09. The summed E-state index contributed by atoms with van der Waals surface area (Å²) < 4.78 is 27.7. The molecule has 0 saturated carbocycles. The molecule has 2 aromatic carbocycles. The van der Waals surface area contributed by atoms with Crippen molar-refractivity contribution in [2.24, 2.45) is 0 Å². The minimum absolute atomic E-state index is 0.0218. The van der Waals surface area contributed by atoms with Crippen LogP contribution >= 0.6 is 0 Å². The fraction of sp³-hybridized carbons (Fsp3) is 0.400. The summed E-state index contributed by atoms with van der Waals surface area (Å²) in [5, 5.41) is 0. The molecule has 3 rings (SSSR count). The SMILES string of the molecule is Cc1ccccc1CS(=O)(=O)NCc1ccccc1CN1CCCC1. The number of aryl methyl sites for hydroxylation is 1. The molecule has 0 aromatic heterocycles. The smallest absolute Gasteiger partial charge is 0.216 e. The molecule has 5 heteroatoms. The van der Waals surface area contributed by atoms with Gasteiger partial charge in [-0.3, -0.25) is 4.90 Å². The predicted octanol–water partition coefficient (Wildman–Crippen LogP) is 3.21. The normalized spacial score (nSPS) is 15.6. The maximum atomic E-state index is 12.5. The topological polar surface area (TPSA) is 49.4 Å². The molecule has 4 nitrogen and oxygen atoms in total. The van der Waals surface area contributed by atoms with E-state index in [2.05, 4.69) is 15.7 Å². The highest BCUT2D eigenvalue weighted by molar-refractivity contribution is 7.88. The summed E-state index contributed by atoms with van der Waals surface area (Å²) in [6.07, 6.45) is 2.51. The van der Waals surface area contributed by atoms with Crippen LogP contribution < -0.4 is 4.72 Å². The zero-order chi connectivity index (χ0) is 17.7. The van der Waals surface area contributed by atoms with E-state index in [0.29, 0.717) is 6.54 Å². The van der Waals surface area contributed by atoms with Gasteiger partial charge in [-0.15, -0.1) is 0 Å². The minimum atomic E-state index is -3.36. The van der Waals surface area contributed by atoms with Gasteiger partial charge in [0.2, 0.25) is 10.0 Å². The van der Waals surface area contributed by atoms with E-state index in [1.807, 2.05) is 49.4 Å². The van der Waals surface area contributed by atoms with Crippen molar-refractivity contribution in [2.45, 2.75) is 38.6 Å². The Kier molecular flexibility index (Phi) is 5.89. The van der Waals surface area contributed by atoms with Gasteiger partial charge in [0.05, 0.1) is 5.75 Å². The van der Waals surface area contributed by atoms with Gasteiger partial charge in [0.25, 0.3) is 0 Å². The molecule has 134 valence electrons. The summed E-state index contributed by atoms with van der Waals surface area (Å²) in [6, 6.07) is 15.7. The molecule has 1 saturated heterocycles. The summed E-state index contributed by atoms with van der Waals surface area (Å²) in [4.78, 5) is 2.43.